The topological polar surface area (TPSA) is 129 Å². The molecule has 2 aromatic carbocycles. The molecule has 2 aliphatic rings. The van der Waals surface area contributed by atoms with Crippen LogP contribution in [-0.4, -0.2) is 68.1 Å². The second kappa shape index (κ2) is 12.2. The fourth-order valence-corrected chi connectivity index (χ4v) is 4.85. The highest BCUT2D eigenvalue weighted by atomic mass is 19.1. The van der Waals surface area contributed by atoms with E-state index in [1.54, 1.807) is 0 Å². The highest BCUT2D eigenvalue weighted by molar-refractivity contribution is 6.11. The molecule has 0 aromatic heterocycles. The monoisotopic (exact) mass is 512 g/mol. The van der Waals surface area contributed by atoms with Crippen LogP contribution in [0.15, 0.2) is 36.4 Å². The van der Waals surface area contributed by atoms with Gasteiger partial charge in [0.25, 0.3) is 5.91 Å². The van der Waals surface area contributed by atoms with E-state index in [4.69, 9.17) is 4.74 Å². The molecule has 2 aliphatic heterocycles. The Kier molecular flexibility index (Phi) is 8.73. The molecule has 2 saturated heterocycles. The van der Waals surface area contributed by atoms with Crippen LogP contribution in [0.5, 0.6) is 11.5 Å². The Balaban J connectivity index is 1.44. The molecule has 4 rings (SSSR count). The van der Waals surface area contributed by atoms with Crippen molar-refractivity contribution in [1.29, 1.82) is 0 Å². The summed E-state index contributed by atoms with van der Waals surface area (Å²) in [5, 5.41) is 22.8. The number of ether oxygens (including phenoxy) is 1. The first-order valence-electron chi connectivity index (χ1n) is 12.6. The molecular weight excluding hydrogens is 479 g/mol. The van der Waals surface area contributed by atoms with Gasteiger partial charge in [0.1, 0.15) is 11.3 Å². The minimum absolute atomic E-state index is 0.0188. The molecule has 2 aromatic rings. The lowest BCUT2D eigenvalue weighted by Crippen LogP contribution is -2.56. The number of hydrogen-bond donors (Lipinski definition) is 5. The lowest BCUT2D eigenvalue weighted by molar-refractivity contribution is -0.126. The summed E-state index contributed by atoms with van der Waals surface area (Å²) in [7, 11) is 1.27. The zero-order valence-electron chi connectivity index (χ0n) is 20.8. The molecule has 0 unspecified atom stereocenters. The molecule has 2 atom stereocenters. The van der Waals surface area contributed by atoms with Crippen molar-refractivity contribution in [2.75, 3.05) is 33.3 Å². The van der Waals surface area contributed by atoms with E-state index in [1.165, 1.54) is 43.5 Å². The maximum absolute atomic E-state index is 14.6. The summed E-state index contributed by atoms with van der Waals surface area (Å²) in [6.45, 7) is 3.01. The summed E-state index contributed by atoms with van der Waals surface area (Å²) >= 11 is 0. The van der Waals surface area contributed by atoms with Crippen LogP contribution in [0.25, 0.3) is 0 Å². The number of aromatic hydroxyl groups is 1. The van der Waals surface area contributed by atoms with Crippen molar-refractivity contribution in [1.82, 2.24) is 21.3 Å². The summed E-state index contributed by atoms with van der Waals surface area (Å²) < 4.78 is 19.5. The number of amides is 2. The van der Waals surface area contributed by atoms with Crippen LogP contribution in [0.4, 0.5) is 4.39 Å². The third-order valence-electron chi connectivity index (χ3n) is 7.01. The number of phenolic OH excluding ortho intramolecular Hbond substituents is 1. The Morgan fingerprint density at radius 1 is 0.919 bits per heavy atom. The zero-order valence-corrected chi connectivity index (χ0v) is 20.8. The van der Waals surface area contributed by atoms with Crippen LogP contribution in [0, 0.1) is 11.7 Å². The maximum Gasteiger partial charge on any atom is 0.251 e. The molecule has 2 fully saturated rings. The van der Waals surface area contributed by atoms with Crippen LogP contribution >= 0.6 is 0 Å². The molecule has 0 aliphatic carbocycles. The quantitative estimate of drug-likeness (QED) is 0.358. The average molecular weight is 513 g/mol. The predicted octanol–water partition coefficient (Wildman–Crippen LogP) is 1.74. The lowest BCUT2D eigenvalue weighted by atomic mass is 9.95. The van der Waals surface area contributed by atoms with Gasteiger partial charge in [-0.05, 0) is 69.6 Å². The standard InChI is InChI=1S/C27H33FN4O5/c1-37-22-9-8-21(33)23(24(22)28)25(34)16-4-6-17(7-5-16)26(35)31-19-3-2-12-30-15-20(19)32-27(36)18-10-13-29-14-11-18/h4-9,18-20,29-30,33H,2-3,10-15H2,1H3,(H,31,35)(H,32,36)/t19-,20-/m1/s1. The number of phenols is 1. The Morgan fingerprint density at radius 3 is 2.32 bits per heavy atom. The SMILES string of the molecule is COc1ccc(O)c(C(=O)c2ccc(C(=O)N[C@@H]3CCCNC[C@H]3NC(=O)C3CCNCC3)cc2)c1F. The van der Waals surface area contributed by atoms with Crippen molar-refractivity contribution in [3.8, 4) is 11.5 Å². The summed E-state index contributed by atoms with van der Waals surface area (Å²) in [6.07, 6.45) is 3.16. The van der Waals surface area contributed by atoms with Crippen molar-refractivity contribution in [2.45, 2.75) is 37.8 Å². The van der Waals surface area contributed by atoms with Gasteiger partial charge in [-0.25, -0.2) is 4.39 Å². The zero-order chi connectivity index (χ0) is 26.4. The largest absolute Gasteiger partial charge is 0.507 e. The second-order valence-corrected chi connectivity index (χ2v) is 9.45. The van der Waals surface area contributed by atoms with Crippen LogP contribution in [-0.2, 0) is 4.79 Å². The normalized spacial score (nSPS) is 20.5. The van der Waals surface area contributed by atoms with E-state index in [-0.39, 0.29) is 41.1 Å². The van der Waals surface area contributed by atoms with Crippen molar-refractivity contribution < 1.29 is 28.6 Å². The van der Waals surface area contributed by atoms with Crippen LogP contribution in [0.1, 0.15) is 52.0 Å². The fourth-order valence-electron chi connectivity index (χ4n) is 4.85. The van der Waals surface area contributed by atoms with Crippen LogP contribution in [0.2, 0.25) is 0 Å². The van der Waals surface area contributed by atoms with E-state index in [9.17, 15) is 23.9 Å². The van der Waals surface area contributed by atoms with Crippen LogP contribution in [0.3, 0.4) is 0 Å². The number of halogens is 1. The van der Waals surface area contributed by atoms with Gasteiger partial charge >= 0.3 is 0 Å². The van der Waals surface area contributed by atoms with Gasteiger partial charge in [-0.15, -0.1) is 0 Å². The van der Waals surface area contributed by atoms with Gasteiger partial charge < -0.3 is 31.1 Å². The third kappa shape index (κ3) is 6.26. The number of benzene rings is 2. The van der Waals surface area contributed by atoms with Gasteiger partial charge in [0.2, 0.25) is 5.91 Å². The first-order chi connectivity index (χ1) is 17.9. The smallest absolute Gasteiger partial charge is 0.251 e. The van der Waals surface area contributed by atoms with E-state index >= 15 is 0 Å². The predicted molar refractivity (Wildman–Crippen MR) is 135 cm³/mol. The van der Waals surface area contributed by atoms with Crippen molar-refractivity contribution in [3.63, 3.8) is 0 Å². The van der Waals surface area contributed by atoms with Crippen LogP contribution < -0.4 is 26.0 Å². The highest BCUT2D eigenvalue weighted by Crippen LogP contribution is 2.30. The second-order valence-electron chi connectivity index (χ2n) is 9.45. The highest BCUT2D eigenvalue weighted by Gasteiger charge is 2.30. The Bertz CT molecular complexity index is 1130. The number of rotatable bonds is 7. The van der Waals surface area contributed by atoms with E-state index in [0.29, 0.717) is 18.5 Å². The van der Waals surface area contributed by atoms with Crippen molar-refractivity contribution in [3.05, 3.63) is 58.9 Å². The van der Waals surface area contributed by atoms with Gasteiger partial charge in [0, 0.05) is 23.6 Å². The van der Waals surface area contributed by atoms with Crippen molar-refractivity contribution in [2.24, 2.45) is 5.92 Å². The summed E-state index contributed by atoms with van der Waals surface area (Å²) in [4.78, 5) is 38.7. The summed E-state index contributed by atoms with van der Waals surface area (Å²) in [5.74, 6) is -2.67. The molecule has 0 bridgehead atoms. The minimum Gasteiger partial charge on any atom is -0.507 e. The lowest BCUT2D eigenvalue weighted by Gasteiger charge is -2.30. The van der Waals surface area contributed by atoms with Gasteiger partial charge in [-0.2, -0.15) is 0 Å². The van der Waals surface area contributed by atoms with E-state index in [2.05, 4.69) is 21.3 Å². The summed E-state index contributed by atoms with van der Waals surface area (Å²) in [6, 6.07) is 7.73. The first-order valence-corrected chi connectivity index (χ1v) is 12.6. The molecule has 9 nitrogen and oxygen atoms in total. The molecule has 37 heavy (non-hydrogen) atoms. The first kappa shape index (κ1) is 26.6. The molecular formula is C27H33FN4O5. The molecule has 0 saturated carbocycles. The molecule has 2 heterocycles. The average Bonchev–Trinajstić information content (AvgIpc) is 3.14. The number of methoxy groups -OCH3 is 1. The Labute approximate surface area is 215 Å². The van der Waals surface area contributed by atoms with Gasteiger partial charge in [0.15, 0.2) is 17.3 Å². The summed E-state index contributed by atoms with van der Waals surface area (Å²) in [5.41, 5.74) is -0.0489. The molecule has 2 amide bonds. The van der Waals surface area contributed by atoms with E-state index in [1.807, 2.05) is 0 Å². The molecule has 0 radical (unpaired) electrons. The molecule has 198 valence electrons. The van der Waals surface area contributed by atoms with E-state index < -0.39 is 22.9 Å². The maximum atomic E-state index is 14.6. The third-order valence-corrected chi connectivity index (χ3v) is 7.01. The number of hydrogen-bond acceptors (Lipinski definition) is 7. The number of ketones is 1. The molecule has 5 N–H and O–H groups in total. The van der Waals surface area contributed by atoms with Gasteiger partial charge in [-0.3, -0.25) is 14.4 Å². The Hall–Kier alpha value is -3.50. The van der Waals surface area contributed by atoms with Gasteiger partial charge in [-0.1, -0.05) is 12.1 Å². The number of carbonyl (C=O) groups excluding carboxylic acids is 3. The number of nitrogens with one attached hydrogen (secondary N) is 4. The Morgan fingerprint density at radius 2 is 1.62 bits per heavy atom. The number of piperidine rings is 1. The number of carbonyl (C=O) groups is 3. The fraction of sp³-hybridized carbons (Fsp3) is 0.444. The molecule has 0 spiro atoms. The van der Waals surface area contributed by atoms with Crippen molar-refractivity contribution >= 4 is 17.6 Å². The van der Waals surface area contributed by atoms with Gasteiger partial charge in [0.05, 0.1) is 19.2 Å². The molecule has 10 heteroatoms. The minimum atomic E-state index is -0.950. The van der Waals surface area contributed by atoms with E-state index in [0.717, 1.165) is 38.9 Å².